The van der Waals surface area contributed by atoms with Gasteiger partial charge in [-0.25, -0.2) is 0 Å². The molecular weight excluding hydrogens is 190 g/mol. The third-order valence-electron chi connectivity index (χ3n) is 1.91. The van der Waals surface area contributed by atoms with Crippen LogP contribution in [0.5, 0.6) is 0 Å². The van der Waals surface area contributed by atoms with E-state index in [0.717, 1.165) is 23.4 Å². The molecule has 0 aliphatic heterocycles. The maximum Gasteiger partial charge on any atom is 0.170 e. The lowest BCUT2D eigenvalue weighted by Crippen LogP contribution is -1.83. The topological polar surface area (TPSA) is 43.9 Å². The second-order valence-electron chi connectivity index (χ2n) is 2.94. The molecule has 0 aliphatic carbocycles. The molecule has 0 saturated carbocycles. The highest BCUT2D eigenvalue weighted by atomic mass is 16.5. The van der Waals surface area contributed by atoms with Crippen molar-refractivity contribution < 1.29 is 4.52 Å². The van der Waals surface area contributed by atoms with E-state index in [1.54, 1.807) is 10.9 Å². The Balaban J connectivity index is 0.000000531. The molecular formula is C11H17N3O. The van der Waals surface area contributed by atoms with Gasteiger partial charge in [0.05, 0.1) is 17.5 Å². The van der Waals surface area contributed by atoms with Gasteiger partial charge in [-0.15, -0.1) is 0 Å². The van der Waals surface area contributed by atoms with Crippen LogP contribution in [0.3, 0.4) is 0 Å². The maximum atomic E-state index is 5.15. The fourth-order valence-electron chi connectivity index (χ4n) is 1.16. The molecule has 0 aliphatic rings. The van der Waals surface area contributed by atoms with Gasteiger partial charge in [0.25, 0.3) is 0 Å². The summed E-state index contributed by atoms with van der Waals surface area (Å²) in [6, 6.07) is 1.94. The van der Waals surface area contributed by atoms with Crippen LogP contribution in [0.1, 0.15) is 26.5 Å². The van der Waals surface area contributed by atoms with E-state index in [4.69, 9.17) is 4.52 Å². The quantitative estimate of drug-likeness (QED) is 0.760. The summed E-state index contributed by atoms with van der Waals surface area (Å²) in [4.78, 5) is 0. The minimum absolute atomic E-state index is 0.782. The first-order valence-corrected chi connectivity index (χ1v) is 5.24. The van der Waals surface area contributed by atoms with Gasteiger partial charge in [-0.3, -0.25) is 4.68 Å². The van der Waals surface area contributed by atoms with Gasteiger partial charge in [0.2, 0.25) is 0 Å². The Morgan fingerprint density at radius 2 is 2.13 bits per heavy atom. The van der Waals surface area contributed by atoms with Crippen LogP contribution in [0.25, 0.3) is 11.3 Å². The monoisotopic (exact) mass is 207 g/mol. The first kappa shape index (κ1) is 11.5. The van der Waals surface area contributed by atoms with Crippen LogP contribution < -0.4 is 0 Å². The second kappa shape index (κ2) is 5.34. The minimum atomic E-state index is 0.782. The first-order valence-electron chi connectivity index (χ1n) is 5.24. The van der Waals surface area contributed by atoms with Gasteiger partial charge in [-0.2, -0.15) is 5.10 Å². The number of aromatic nitrogens is 3. The van der Waals surface area contributed by atoms with Crippen LogP contribution >= 0.6 is 0 Å². The Bertz CT molecular complexity index is 403. The highest BCUT2D eigenvalue weighted by Gasteiger charge is 2.06. The highest BCUT2D eigenvalue weighted by molar-refractivity contribution is 5.54. The molecule has 0 amide bonds. The van der Waals surface area contributed by atoms with Crippen molar-refractivity contribution in [3.63, 3.8) is 0 Å². The first-order chi connectivity index (χ1) is 7.29. The average Bonchev–Trinajstić information content (AvgIpc) is 2.88. The van der Waals surface area contributed by atoms with E-state index >= 15 is 0 Å². The van der Waals surface area contributed by atoms with E-state index in [-0.39, 0.29) is 0 Å². The van der Waals surface area contributed by atoms with Crippen molar-refractivity contribution in [3.05, 3.63) is 24.2 Å². The minimum Gasteiger partial charge on any atom is -0.356 e. The van der Waals surface area contributed by atoms with Crippen LogP contribution in [0.2, 0.25) is 0 Å². The summed E-state index contributed by atoms with van der Waals surface area (Å²) in [7, 11) is 1.88. The summed E-state index contributed by atoms with van der Waals surface area (Å²) < 4.78 is 6.89. The second-order valence-corrected chi connectivity index (χ2v) is 2.94. The van der Waals surface area contributed by atoms with Gasteiger partial charge >= 0.3 is 0 Å². The maximum absolute atomic E-state index is 5.15. The standard InChI is InChI=1S/C9H11N3O.C2H6/c1-3-8-4-9(13-11-8)7-5-10-12(2)6-7;1-2/h4-6H,3H2,1-2H3;1-2H3. The Kier molecular flexibility index (Phi) is 4.09. The van der Waals surface area contributed by atoms with Crippen molar-refractivity contribution in [2.45, 2.75) is 27.2 Å². The molecule has 2 aromatic rings. The third-order valence-corrected chi connectivity index (χ3v) is 1.91. The van der Waals surface area contributed by atoms with E-state index < -0.39 is 0 Å². The summed E-state index contributed by atoms with van der Waals surface area (Å²) in [5.74, 6) is 0.782. The highest BCUT2D eigenvalue weighted by Crippen LogP contribution is 2.19. The lowest BCUT2D eigenvalue weighted by atomic mass is 10.2. The lowest BCUT2D eigenvalue weighted by Gasteiger charge is -1.84. The van der Waals surface area contributed by atoms with E-state index in [1.165, 1.54) is 0 Å². The fraction of sp³-hybridized carbons (Fsp3) is 0.455. The summed E-state index contributed by atoms with van der Waals surface area (Å²) >= 11 is 0. The van der Waals surface area contributed by atoms with Crippen LogP contribution in [0, 0.1) is 0 Å². The number of rotatable bonds is 2. The molecule has 4 nitrogen and oxygen atoms in total. The zero-order valence-corrected chi connectivity index (χ0v) is 9.69. The van der Waals surface area contributed by atoms with Gasteiger partial charge in [0.1, 0.15) is 0 Å². The zero-order valence-electron chi connectivity index (χ0n) is 9.69. The molecule has 0 N–H and O–H groups in total. The predicted octanol–water partition coefficient (Wildman–Crippen LogP) is 2.66. The van der Waals surface area contributed by atoms with E-state index in [2.05, 4.69) is 10.3 Å². The van der Waals surface area contributed by atoms with Gasteiger partial charge < -0.3 is 4.52 Å². The lowest BCUT2D eigenvalue weighted by molar-refractivity contribution is 0.424. The molecule has 0 aromatic carbocycles. The van der Waals surface area contributed by atoms with Crippen molar-refractivity contribution >= 4 is 0 Å². The van der Waals surface area contributed by atoms with Gasteiger partial charge in [-0.05, 0) is 6.42 Å². The fourth-order valence-corrected chi connectivity index (χ4v) is 1.16. The van der Waals surface area contributed by atoms with Crippen molar-refractivity contribution in [3.8, 4) is 11.3 Å². The number of aryl methyl sites for hydroxylation is 2. The Labute approximate surface area is 89.9 Å². The molecule has 0 fully saturated rings. The van der Waals surface area contributed by atoms with Crippen LogP contribution in [-0.4, -0.2) is 14.9 Å². The van der Waals surface area contributed by atoms with Crippen molar-refractivity contribution in [1.82, 2.24) is 14.9 Å². The Morgan fingerprint density at radius 3 is 2.60 bits per heavy atom. The Hall–Kier alpha value is -1.58. The molecule has 2 aromatic heterocycles. The van der Waals surface area contributed by atoms with Crippen molar-refractivity contribution in [2.75, 3.05) is 0 Å². The molecule has 2 rings (SSSR count). The molecule has 0 radical (unpaired) electrons. The summed E-state index contributed by atoms with van der Waals surface area (Å²) in [6.45, 7) is 6.05. The summed E-state index contributed by atoms with van der Waals surface area (Å²) in [5.41, 5.74) is 1.94. The molecule has 0 saturated heterocycles. The molecule has 0 spiro atoms. The van der Waals surface area contributed by atoms with Gasteiger partial charge in [0.15, 0.2) is 5.76 Å². The molecule has 0 bridgehead atoms. The van der Waals surface area contributed by atoms with Crippen LogP contribution in [-0.2, 0) is 13.5 Å². The molecule has 4 heteroatoms. The molecule has 2 heterocycles. The van der Waals surface area contributed by atoms with Crippen LogP contribution in [0.4, 0.5) is 0 Å². The van der Waals surface area contributed by atoms with Crippen molar-refractivity contribution in [1.29, 1.82) is 0 Å². The molecule has 0 atom stereocenters. The SMILES string of the molecule is CC.CCc1cc(-c2cnn(C)c2)on1. The summed E-state index contributed by atoms with van der Waals surface area (Å²) in [5, 5.41) is 7.97. The Morgan fingerprint density at radius 1 is 1.40 bits per heavy atom. The van der Waals surface area contributed by atoms with Crippen LogP contribution in [0.15, 0.2) is 23.0 Å². The average molecular weight is 207 g/mol. The number of nitrogens with zero attached hydrogens (tertiary/aromatic N) is 3. The zero-order chi connectivity index (χ0) is 11.3. The van der Waals surface area contributed by atoms with Gasteiger partial charge in [0, 0.05) is 19.3 Å². The predicted molar refractivity (Wildman–Crippen MR) is 59.4 cm³/mol. The third kappa shape index (κ3) is 2.68. The molecule has 82 valence electrons. The van der Waals surface area contributed by atoms with E-state index in [9.17, 15) is 0 Å². The molecule has 0 unspecified atom stereocenters. The van der Waals surface area contributed by atoms with E-state index in [1.807, 2.05) is 40.1 Å². The van der Waals surface area contributed by atoms with Gasteiger partial charge in [-0.1, -0.05) is 25.9 Å². The van der Waals surface area contributed by atoms with Crippen molar-refractivity contribution in [2.24, 2.45) is 7.05 Å². The summed E-state index contributed by atoms with van der Waals surface area (Å²) in [6.07, 6.45) is 4.56. The largest absolute Gasteiger partial charge is 0.356 e. The molecule has 15 heavy (non-hydrogen) atoms. The van der Waals surface area contributed by atoms with E-state index in [0.29, 0.717) is 0 Å². The number of hydrogen-bond donors (Lipinski definition) is 0. The smallest absolute Gasteiger partial charge is 0.170 e. The number of hydrogen-bond acceptors (Lipinski definition) is 3. The normalized spacial score (nSPS) is 9.60.